The summed E-state index contributed by atoms with van der Waals surface area (Å²) in [4.78, 5) is 25.3. The van der Waals surface area contributed by atoms with Gasteiger partial charge in [0.25, 0.3) is 5.91 Å². The first-order chi connectivity index (χ1) is 14.0. The van der Waals surface area contributed by atoms with Crippen molar-refractivity contribution in [3.8, 4) is 17.2 Å². The Bertz CT molecular complexity index is 971. The average Bonchev–Trinajstić information content (AvgIpc) is 2.72. The molecule has 8 nitrogen and oxygen atoms in total. The minimum atomic E-state index is -0.684. The Morgan fingerprint density at radius 3 is 2.41 bits per heavy atom. The van der Waals surface area contributed by atoms with Gasteiger partial charge >= 0.3 is 6.03 Å². The second-order valence-electron chi connectivity index (χ2n) is 6.33. The van der Waals surface area contributed by atoms with Gasteiger partial charge in [-0.05, 0) is 25.1 Å². The second kappa shape index (κ2) is 8.55. The molecule has 3 amide bonds. The quantitative estimate of drug-likeness (QED) is 0.696. The predicted molar refractivity (Wildman–Crippen MR) is 108 cm³/mol. The molecule has 1 aliphatic rings. The van der Waals surface area contributed by atoms with Crippen LogP contribution in [0.15, 0.2) is 53.7 Å². The SMILES string of the molecule is COc1ccc(OC)c(NC(=O)C2=C(C)NC(=O)NC2c2ccccc2OC)c1. The third-order valence-electron chi connectivity index (χ3n) is 4.62. The van der Waals surface area contributed by atoms with Crippen LogP contribution in [0, 0.1) is 0 Å². The van der Waals surface area contributed by atoms with E-state index in [4.69, 9.17) is 14.2 Å². The number of hydrogen-bond donors (Lipinski definition) is 3. The van der Waals surface area contributed by atoms with Crippen molar-refractivity contribution in [2.45, 2.75) is 13.0 Å². The summed E-state index contributed by atoms with van der Waals surface area (Å²) in [5.41, 5.74) is 1.93. The predicted octanol–water partition coefficient (Wildman–Crippen LogP) is 2.98. The van der Waals surface area contributed by atoms with Crippen LogP contribution in [0.3, 0.4) is 0 Å². The number of nitrogens with one attached hydrogen (secondary N) is 3. The first kappa shape index (κ1) is 20.1. The molecule has 8 heteroatoms. The maximum Gasteiger partial charge on any atom is 0.319 e. The molecule has 2 aromatic rings. The third kappa shape index (κ3) is 4.11. The number of benzene rings is 2. The zero-order valence-corrected chi connectivity index (χ0v) is 16.7. The Labute approximate surface area is 168 Å². The van der Waals surface area contributed by atoms with Crippen molar-refractivity contribution in [3.05, 3.63) is 59.3 Å². The molecular formula is C21H23N3O5. The van der Waals surface area contributed by atoms with Crippen LogP contribution in [0.25, 0.3) is 0 Å². The van der Waals surface area contributed by atoms with Gasteiger partial charge in [-0.3, -0.25) is 4.79 Å². The van der Waals surface area contributed by atoms with E-state index < -0.39 is 18.0 Å². The van der Waals surface area contributed by atoms with E-state index in [0.717, 1.165) is 0 Å². The molecule has 2 aromatic carbocycles. The van der Waals surface area contributed by atoms with Crippen LogP contribution in [0.1, 0.15) is 18.5 Å². The molecule has 29 heavy (non-hydrogen) atoms. The van der Waals surface area contributed by atoms with Crippen molar-refractivity contribution in [2.24, 2.45) is 0 Å². The van der Waals surface area contributed by atoms with E-state index in [1.165, 1.54) is 7.11 Å². The molecule has 1 heterocycles. The highest BCUT2D eigenvalue weighted by Gasteiger charge is 2.33. The van der Waals surface area contributed by atoms with Crippen molar-refractivity contribution in [2.75, 3.05) is 26.6 Å². The van der Waals surface area contributed by atoms with Gasteiger partial charge in [-0.15, -0.1) is 0 Å². The van der Waals surface area contributed by atoms with E-state index in [-0.39, 0.29) is 0 Å². The Morgan fingerprint density at radius 1 is 1.00 bits per heavy atom. The van der Waals surface area contributed by atoms with Crippen molar-refractivity contribution in [1.82, 2.24) is 10.6 Å². The van der Waals surface area contributed by atoms with Crippen LogP contribution < -0.4 is 30.2 Å². The number of ether oxygens (including phenoxy) is 3. The van der Waals surface area contributed by atoms with Gasteiger partial charge in [0.2, 0.25) is 0 Å². The summed E-state index contributed by atoms with van der Waals surface area (Å²) in [5.74, 6) is 1.23. The molecule has 1 unspecified atom stereocenters. The number of amides is 3. The van der Waals surface area contributed by atoms with Crippen molar-refractivity contribution >= 4 is 17.6 Å². The topological polar surface area (TPSA) is 97.9 Å². The van der Waals surface area contributed by atoms with Crippen LogP contribution in [0.2, 0.25) is 0 Å². The molecule has 3 rings (SSSR count). The monoisotopic (exact) mass is 397 g/mol. The van der Waals surface area contributed by atoms with Gasteiger partial charge in [0.05, 0.1) is 38.6 Å². The summed E-state index contributed by atoms with van der Waals surface area (Å²) in [6, 6.07) is 11.3. The zero-order chi connectivity index (χ0) is 21.0. The van der Waals surface area contributed by atoms with E-state index in [2.05, 4.69) is 16.0 Å². The highest BCUT2D eigenvalue weighted by Crippen LogP contribution is 2.35. The minimum absolute atomic E-state index is 0.360. The highest BCUT2D eigenvalue weighted by molar-refractivity contribution is 6.07. The van der Waals surface area contributed by atoms with E-state index in [1.807, 2.05) is 18.2 Å². The summed E-state index contributed by atoms with van der Waals surface area (Å²) in [6.45, 7) is 1.68. The molecule has 0 spiro atoms. The number of carbonyl (C=O) groups is 2. The number of urea groups is 1. The van der Waals surface area contributed by atoms with Gasteiger partial charge in [-0.1, -0.05) is 18.2 Å². The average molecular weight is 397 g/mol. The molecule has 1 aliphatic heterocycles. The van der Waals surface area contributed by atoms with Crippen LogP contribution in [-0.4, -0.2) is 33.3 Å². The number of anilines is 1. The van der Waals surface area contributed by atoms with Gasteiger partial charge in [-0.2, -0.15) is 0 Å². The largest absolute Gasteiger partial charge is 0.497 e. The molecule has 0 saturated carbocycles. The van der Waals surface area contributed by atoms with Crippen LogP contribution in [-0.2, 0) is 4.79 Å². The molecule has 0 aromatic heterocycles. The molecule has 1 atom stereocenters. The number of carbonyl (C=O) groups excluding carboxylic acids is 2. The molecule has 152 valence electrons. The molecule has 0 bridgehead atoms. The fourth-order valence-electron chi connectivity index (χ4n) is 3.23. The first-order valence-electron chi connectivity index (χ1n) is 8.93. The first-order valence-corrected chi connectivity index (χ1v) is 8.93. The lowest BCUT2D eigenvalue weighted by atomic mass is 9.94. The van der Waals surface area contributed by atoms with Gasteiger partial charge in [0, 0.05) is 17.3 Å². The summed E-state index contributed by atoms with van der Waals surface area (Å²) < 4.78 is 16.0. The lowest BCUT2D eigenvalue weighted by Gasteiger charge is -2.29. The Morgan fingerprint density at radius 2 is 1.72 bits per heavy atom. The zero-order valence-electron chi connectivity index (χ0n) is 16.7. The van der Waals surface area contributed by atoms with Gasteiger partial charge in [0.15, 0.2) is 0 Å². The Balaban J connectivity index is 2.01. The summed E-state index contributed by atoms with van der Waals surface area (Å²) in [7, 11) is 4.60. The maximum absolute atomic E-state index is 13.2. The fraction of sp³-hybridized carbons (Fsp3) is 0.238. The van der Waals surface area contributed by atoms with Crippen molar-refractivity contribution in [1.29, 1.82) is 0 Å². The lowest BCUT2D eigenvalue weighted by molar-refractivity contribution is -0.113. The standard InChI is InChI=1S/C21H23N3O5/c1-12-18(20(25)23-15-11-13(27-2)9-10-17(15)29-4)19(24-21(26)22-12)14-7-5-6-8-16(14)28-3/h5-11,19H,1-4H3,(H,23,25)(H2,22,24,26). The van der Waals surface area contributed by atoms with Gasteiger partial charge in [0.1, 0.15) is 17.2 Å². The minimum Gasteiger partial charge on any atom is -0.497 e. The second-order valence-corrected chi connectivity index (χ2v) is 6.33. The number of rotatable bonds is 6. The smallest absolute Gasteiger partial charge is 0.319 e. The van der Waals surface area contributed by atoms with Crippen LogP contribution in [0.5, 0.6) is 17.2 Å². The Hall–Kier alpha value is -3.68. The van der Waals surface area contributed by atoms with Gasteiger partial charge in [-0.25, -0.2) is 4.79 Å². The fourth-order valence-corrected chi connectivity index (χ4v) is 3.23. The van der Waals surface area contributed by atoms with Crippen LogP contribution >= 0.6 is 0 Å². The molecule has 0 saturated heterocycles. The van der Waals surface area contributed by atoms with Crippen molar-refractivity contribution < 1.29 is 23.8 Å². The molecular weight excluding hydrogens is 374 g/mol. The van der Waals surface area contributed by atoms with E-state index >= 15 is 0 Å². The van der Waals surface area contributed by atoms with Crippen molar-refractivity contribution in [3.63, 3.8) is 0 Å². The number of para-hydroxylation sites is 1. The summed E-state index contributed by atoms with van der Waals surface area (Å²) in [6.07, 6.45) is 0. The molecule has 0 radical (unpaired) electrons. The number of allylic oxidation sites excluding steroid dienone is 1. The molecule has 0 aliphatic carbocycles. The summed E-state index contributed by atoms with van der Waals surface area (Å²) >= 11 is 0. The maximum atomic E-state index is 13.2. The number of methoxy groups -OCH3 is 3. The van der Waals surface area contributed by atoms with E-state index in [9.17, 15) is 9.59 Å². The third-order valence-corrected chi connectivity index (χ3v) is 4.62. The van der Waals surface area contributed by atoms with Crippen LogP contribution in [0.4, 0.5) is 10.5 Å². The molecule has 3 N–H and O–H groups in total. The summed E-state index contributed by atoms with van der Waals surface area (Å²) in [5, 5.41) is 8.31. The Kier molecular flexibility index (Phi) is 5.92. The highest BCUT2D eigenvalue weighted by atomic mass is 16.5. The van der Waals surface area contributed by atoms with E-state index in [1.54, 1.807) is 45.4 Å². The lowest BCUT2D eigenvalue weighted by Crippen LogP contribution is -2.46. The normalized spacial score (nSPS) is 15.9. The molecule has 0 fully saturated rings. The van der Waals surface area contributed by atoms with E-state index in [0.29, 0.717) is 39.8 Å². The van der Waals surface area contributed by atoms with Gasteiger partial charge < -0.3 is 30.2 Å². The number of hydrogen-bond acceptors (Lipinski definition) is 5.